The molecule has 1 rings (SSSR count). The molecule has 0 spiro atoms. The maximum absolute atomic E-state index is 11.2. The number of piperidine rings is 1. The van der Waals surface area contributed by atoms with Crippen molar-refractivity contribution in [3.8, 4) is 0 Å². The van der Waals surface area contributed by atoms with Crippen LogP contribution in [0, 0.1) is 5.92 Å². The lowest BCUT2D eigenvalue weighted by Gasteiger charge is -2.28. The molecule has 0 radical (unpaired) electrons. The van der Waals surface area contributed by atoms with Gasteiger partial charge in [-0.3, -0.25) is 9.36 Å². The lowest BCUT2D eigenvalue weighted by atomic mass is 9.94. The van der Waals surface area contributed by atoms with Crippen LogP contribution in [0.3, 0.4) is 0 Å². The summed E-state index contributed by atoms with van der Waals surface area (Å²) in [5, 5.41) is 2.96. The van der Waals surface area contributed by atoms with Crippen LogP contribution in [0.2, 0.25) is 0 Å². The number of methoxy groups -OCH3 is 1. The summed E-state index contributed by atoms with van der Waals surface area (Å²) in [5.74, 6) is -0.485. The molecule has 0 bridgehead atoms. The second-order valence-corrected chi connectivity index (χ2v) is 5.46. The van der Waals surface area contributed by atoms with Crippen molar-refractivity contribution in [2.45, 2.75) is 18.9 Å². The fourth-order valence-electron chi connectivity index (χ4n) is 1.82. The largest absolute Gasteiger partial charge is 0.468 e. The first kappa shape index (κ1) is 12.6. The van der Waals surface area contributed by atoms with E-state index in [1.807, 2.05) is 0 Å². The highest BCUT2D eigenvalue weighted by molar-refractivity contribution is 7.51. The molecule has 15 heavy (non-hydrogen) atoms. The fraction of sp³-hybridized carbons (Fsp3) is 0.875. The molecule has 1 heterocycles. The maximum Gasteiger partial charge on any atom is 0.325 e. The van der Waals surface area contributed by atoms with Gasteiger partial charge in [-0.05, 0) is 25.3 Å². The summed E-state index contributed by atoms with van der Waals surface area (Å²) in [6.45, 7) is 0.588. The van der Waals surface area contributed by atoms with Gasteiger partial charge >= 0.3 is 13.6 Å². The second kappa shape index (κ2) is 5.07. The standard InChI is InChI=1S/C8H16NO5P/c1-14-8(10)7-4-6(2-3-9-7)5-15(11,12)13/h6-7,9H,2-5H2,1H3,(H2,11,12,13)/t6-,7+/m0/s1. The molecule has 6 nitrogen and oxygen atoms in total. The van der Waals surface area contributed by atoms with E-state index in [0.29, 0.717) is 19.4 Å². The highest BCUT2D eigenvalue weighted by atomic mass is 31.2. The molecular weight excluding hydrogens is 221 g/mol. The molecule has 7 heteroatoms. The summed E-state index contributed by atoms with van der Waals surface area (Å²) >= 11 is 0. The Balaban J connectivity index is 2.49. The van der Waals surface area contributed by atoms with E-state index >= 15 is 0 Å². The number of ether oxygens (including phenoxy) is 1. The van der Waals surface area contributed by atoms with Crippen molar-refractivity contribution in [2.24, 2.45) is 5.92 Å². The van der Waals surface area contributed by atoms with E-state index in [1.165, 1.54) is 7.11 Å². The van der Waals surface area contributed by atoms with E-state index in [9.17, 15) is 9.36 Å². The Kier molecular flexibility index (Phi) is 4.28. The van der Waals surface area contributed by atoms with Crippen LogP contribution in [0.4, 0.5) is 0 Å². The lowest BCUT2D eigenvalue weighted by molar-refractivity contribution is -0.144. The van der Waals surface area contributed by atoms with E-state index in [4.69, 9.17) is 9.79 Å². The van der Waals surface area contributed by atoms with E-state index < -0.39 is 13.6 Å². The van der Waals surface area contributed by atoms with Gasteiger partial charge in [-0.2, -0.15) is 0 Å². The molecule has 1 aliphatic rings. The first-order valence-electron chi connectivity index (χ1n) is 4.78. The molecule has 2 atom stereocenters. The van der Waals surface area contributed by atoms with Gasteiger partial charge in [-0.1, -0.05) is 0 Å². The van der Waals surface area contributed by atoms with E-state index in [1.54, 1.807) is 0 Å². The summed E-state index contributed by atoms with van der Waals surface area (Å²) in [7, 11) is -2.68. The van der Waals surface area contributed by atoms with Gasteiger partial charge in [0.05, 0.1) is 13.3 Å². The van der Waals surface area contributed by atoms with Gasteiger partial charge in [-0.15, -0.1) is 0 Å². The zero-order valence-electron chi connectivity index (χ0n) is 8.55. The van der Waals surface area contributed by atoms with Gasteiger partial charge in [0.15, 0.2) is 0 Å². The minimum Gasteiger partial charge on any atom is -0.468 e. The molecule has 0 saturated carbocycles. The van der Waals surface area contributed by atoms with E-state index in [0.717, 1.165) is 0 Å². The summed E-state index contributed by atoms with van der Waals surface area (Å²) < 4.78 is 15.4. The van der Waals surface area contributed by atoms with Crippen LogP contribution in [-0.4, -0.2) is 41.6 Å². The van der Waals surface area contributed by atoms with Crippen LogP contribution in [0.5, 0.6) is 0 Å². The average molecular weight is 237 g/mol. The van der Waals surface area contributed by atoms with Gasteiger partial charge in [0.1, 0.15) is 6.04 Å². The smallest absolute Gasteiger partial charge is 0.325 e. The monoisotopic (exact) mass is 237 g/mol. The van der Waals surface area contributed by atoms with Gasteiger partial charge in [0, 0.05) is 0 Å². The molecular formula is C8H16NO5P. The van der Waals surface area contributed by atoms with Crippen molar-refractivity contribution < 1.29 is 23.9 Å². The summed E-state index contributed by atoms with van der Waals surface area (Å²) in [6.07, 6.45) is 0.957. The Bertz CT molecular complexity index is 276. The van der Waals surface area contributed by atoms with Crippen molar-refractivity contribution in [3.63, 3.8) is 0 Å². The molecule has 0 aliphatic carbocycles. The minimum absolute atomic E-state index is 0.115. The third-order valence-electron chi connectivity index (χ3n) is 2.49. The Morgan fingerprint density at radius 1 is 1.60 bits per heavy atom. The maximum atomic E-state index is 11.2. The van der Waals surface area contributed by atoms with Crippen LogP contribution in [0.15, 0.2) is 0 Å². The average Bonchev–Trinajstić information content (AvgIpc) is 2.14. The molecule has 88 valence electrons. The fourth-order valence-corrected chi connectivity index (χ4v) is 2.82. The van der Waals surface area contributed by atoms with Gasteiger partial charge < -0.3 is 19.8 Å². The van der Waals surface area contributed by atoms with Crippen molar-refractivity contribution in [1.29, 1.82) is 0 Å². The number of hydrogen-bond acceptors (Lipinski definition) is 4. The summed E-state index contributed by atoms with van der Waals surface area (Å²) in [6, 6.07) is -0.430. The highest BCUT2D eigenvalue weighted by Gasteiger charge is 2.31. The summed E-state index contributed by atoms with van der Waals surface area (Å²) in [5.41, 5.74) is 0. The third kappa shape index (κ3) is 4.30. The van der Waals surface area contributed by atoms with Crippen LogP contribution < -0.4 is 5.32 Å². The van der Waals surface area contributed by atoms with Gasteiger partial charge in [0.25, 0.3) is 0 Å². The van der Waals surface area contributed by atoms with Crippen molar-refractivity contribution in [2.75, 3.05) is 19.8 Å². The Morgan fingerprint density at radius 3 is 2.80 bits per heavy atom. The second-order valence-electron chi connectivity index (χ2n) is 3.77. The molecule has 0 unspecified atom stereocenters. The normalized spacial score (nSPS) is 27.4. The molecule has 0 aromatic carbocycles. The Morgan fingerprint density at radius 2 is 2.27 bits per heavy atom. The Hall–Kier alpha value is -0.420. The number of nitrogens with one attached hydrogen (secondary N) is 1. The number of esters is 1. The van der Waals surface area contributed by atoms with Crippen LogP contribution >= 0.6 is 7.60 Å². The predicted molar refractivity (Wildman–Crippen MR) is 53.4 cm³/mol. The quantitative estimate of drug-likeness (QED) is 0.461. The molecule has 1 saturated heterocycles. The molecule has 0 aromatic heterocycles. The Labute approximate surface area is 88.2 Å². The summed E-state index contributed by atoms with van der Waals surface area (Å²) in [4.78, 5) is 28.9. The molecule has 1 fully saturated rings. The highest BCUT2D eigenvalue weighted by Crippen LogP contribution is 2.39. The zero-order chi connectivity index (χ0) is 11.5. The lowest BCUT2D eigenvalue weighted by Crippen LogP contribution is -2.44. The molecule has 3 N–H and O–H groups in total. The number of rotatable bonds is 3. The molecule has 0 amide bonds. The number of carbonyl (C=O) groups excluding carboxylic acids is 1. The van der Waals surface area contributed by atoms with Gasteiger partial charge in [-0.25, -0.2) is 0 Å². The molecule has 0 aromatic rings. The molecule has 1 aliphatic heterocycles. The van der Waals surface area contributed by atoms with Crippen LogP contribution in [0.1, 0.15) is 12.8 Å². The minimum atomic E-state index is -3.98. The van der Waals surface area contributed by atoms with Crippen molar-refractivity contribution >= 4 is 13.6 Å². The predicted octanol–water partition coefficient (Wildman–Crippen LogP) is -0.295. The van der Waals surface area contributed by atoms with E-state index in [-0.39, 0.29) is 18.0 Å². The van der Waals surface area contributed by atoms with Crippen molar-refractivity contribution in [1.82, 2.24) is 5.32 Å². The first-order valence-corrected chi connectivity index (χ1v) is 6.58. The van der Waals surface area contributed by atoms with Crippen LogP contribution in [0.25, 0.3) is 0 Å². The number of carbonyl (C=O) groups is 1. The first-order chi connectivity index (χ1) is 6.92. The zero-order valence-corrected chi connectivity index (χ0v) is 9.44. The third-order valence-corrected chi connectivity index (χ3v) is 3.49. The van der Waals surface area contributed by atoms with Crippen LogP contribution in [-0.2, 0) is 14.1 Å². The van der Waals surface area contributed by atoms with Gasteiger partial charge in [0.2, 0.25) is 0 Å². The SMILES string of the molecule is COC(=O)[C@H]1C[C@@H](CP(=O)(O)O)CCN1. The van der Waals surface area contributed by atoms with Crippen molar-refractivity contribution in [3.05, 3.63) is 0 Å². The topological polar surface area (TPSA) is 95.9 Å². The number of hydrogen-bond donors (Lipinski definition) is 3. The van der Waals surface area contributed by atoms with E-state index in [2.05, 4.69) is 10.1 Å².